The second kappa shape index (κ2) is 6.45. The summed E-state index contributed by atoms with van der Waals surface area (Å²) in [6, 6.07) is -0.385. The number of halogens is 2. The number of hydrogen-bond acceptors (Lipinski definition) is 3. The van der Waals surface area contributed by atoms with Gasteiger partial charge in [0.25, 0.3) is 0 Å². The van der Waals surface area contributed by atoms with Crippen molar-refractivity contribution in [3.63, 3.8) is 0 Å². The predicted molar refractivity (Wildman–Crippen MR) is 65.5 cm³/mol. The molecule has 106 valence electrons. The van der Waals surface area contributed by atoms with Gasteiger partial charge >= 0.3 is 5.97 Å². The van der Waals surface area contributed by atoms with Crippen LogP contribution in [0.15, 0.2) is 0 Å². The van der Waals surface area contributed by atoms with E-state index in [9.17, 15) is 13.6 Å². The monoisotopic (exact) mass is 263 g/mol. The van der Waals surface area contributed by atoms with Gasteiger partial charge in [0.05, 0.1) is 7.11 Å². The van der Waals surface area contributed by atoms with Crippen LogP contribution in [0.3, 0.4) is 0 Å². The van der Waals surface area contributed by atoms with Gasteiger partial charge in [-0.15, -0.1) is 0 Å². The standard InChI is InChI=1S/C13H23F2NO2/c1-9(2)6-11(12(17)18-3)16-8-10-4-5-13(14,15)7-10/h9-11,16H,4-8H2,1-3H3. The Morgan fingerprint density at radius 3 is 2.61 bits per heavy atom. The van der Waals surface area contributed by atoms with E-state index in [1.54, 1.807) is 0 Å². The second-order valence-corrected chi connectivity index (χ2v) is 5.58. The van der Waals surface area contributed by atoms with Gasteiger partial charge in [-0.25, -0.2) is 8.78 Å². The predicted octanol–water partition coefficient (Wildman–Crippen LogP) is 2.60. The summed E-state index contributed by atoms with van der Waals surface area (Å²) in [4.78, 5) is 11.5. The SMILES string of the molecule is COC(=O)C(CC(C)C)NCC1CCC(F)(F)C1. The number of nitrogens with one attached hydrogen (secondary N) is 1. The Labute approximate surface area is 107 Å². The lowest BCUT2D eigenvalue weighted by Crippen LogP contribution is -2.41. The van der Waals surface area contributed by atoms with Crippen LogP contribution in [-0.2, 0) is 9.53 Å². The third-order valence-electron chi connectivity index (χ3n) is 3.35. The molecule has 1 aliphatic carbocycles. The van der Waals surface area contributed by atoms with Crippen molar-refractivity contribution in [2.75, 3.05) is 13.7 Å². The Morgan fingerprint density at radius 1 is 1.50 bits per heavy atom. The van der Waals surface area contributed by atoms with Crippen molar-refractivity contribution in [1.29, 1.82) is 0 Å². The Balaban J connectivity index is 2.40. The van der Waals surface area contributed by atoms with Gasteiger partial charge in [-0.3, -0.25) is 4.79 Å². The molecule has 0 bridgehead atoms. The van der Waals surface area contributed by atoms with Gasteiger partial charge in [0.15, 0.2) is 0 Å². The van der Waals surface area contributed by atoms with E-state index in [1.807, 2.05) is 13.8 Å². The van der Waals surface area contributed by atoms with E-state index in [2.05, 4.69) is 5.32 Å². The second-order valence-electron chi connectivity index (χ2n) is 5.58. The van der Waals surface area contributed by atoms with E-state index in [0.29, 0.717) is 25.3 Å². The van der Waals surface area contributed by atoms with Crippen LogP contribution in [0.1, 0.15) is 39.5 Å². The summed E-state index contributed by atoms with van der Waals surface area (Å²) >= 11 is 0. The van der Waals surface area contributed by atoms with E-state index in [1.165, 1.54) is 7.11 Å². The summed E-state index contributed by atoms with van der Waals surface area (Å²) in [5, 5.41) is 3.07. The molecule has 0 radical (unpaired) electrons. The first-order chi connectivity index (χ1) is 8.34. The maximum atomic E-state index is 13.0. The van der Waals surface area contributed by atoms with Crippen molar-refractivity contribution < 1.29 is 18.3 Å². The molecule has 0 aromatic rings. The molecule has 1 rings (SSSR count). The minimum Gasteiger partial charge on any atom is -0.468 e. The molecule has 2 atom stereocenters. The zero-order valence-corrected chi connectivity index (χ0v) is 11.3. The van der Waals surface area contributed by atoms with Crippen molar-refractivity contribution in [2.45, 2.75) is 51.5 Å². The lowest BCUT2D eigenvalue weighted by atomic mass is 10.0. The van der Waals surface area contributed by atoms with Crippen LogP contribution < -0.4 is 5.32 Å². The molecule has 0 saturated heterocycles. The largest absolute Gasteiger partial charge is 0.468 e. The van der Waals surface area contributed by atoms with Crippen molar-refractivity contribution in [2.24, 2.45) is 11.8 Å². The van der Waals surface area contributed by atoms with E-state index in [-0.39, 0.29) is 30.8 Å². The summed E-state index contributed by atoms with van der Waals surface area (Å²) in [5.41, 5.74) is 0. The highest BCUT2D eigenvalue weighted by Gasteiger charge is 2.39. The number of methoxy groups -OCH3 is 1. The number of alkyl halides is 2. The smallest absolute Gasteiger partial charge is 0.322 e. The topological polar surface area (TPSA) is 38.3 Å². The molecule has 3 nitrogen and oxygen atoms in total. The summed E-state index contributed by atoms with van der Waals surface area (Å²) < 4.78 is 30.8. The van der Waals surface area contributed by atoms with Crippen molar-refractivity contribution in [3.05, 3.63) is 0 Å². The fraction of sp³-hybridized carbons (Fsp3) is 0.923. The van der Waals surface area contributed by atoms with Crippen molar-refractivity contribution >= 4 is 5.97 Å². The highest BCUT2D eigenvalue weighted by atomic mass is 19.3. The van der Waals surface area contributed by atoms with Gasteiger partial charge in [0, 0.05) is 12.8 Å². The zero-order valence-electron chi connectivity index (χ0n) is 11.3. The average Bonchev–Trinajstić information content (AvgIpc) is 2.62. The summed E-state index contributed by atoms with van der Waals surface area (Å²) in [7, 11) is 1.35. The van der Waals surface area contributed by atoms with E-state index < -0.39 is 5.92 Å². The quantitative estimate of drug-likeness (QED) is 0.749. The highest BCUT2D eigenvalue weighted by Crippen LogP contribution is 2.38. The highest BCUT2D eigenvalue weighted by molar-refractivity contribution is 5.75. The van der Waals surface area contributed by atoms with Crippen LogP contribution in [0.25, 0.3) is 0 Å². The summed E-state index contributed by atoms with van der Waals surface area (Å²) in [5.74, 6) is -2.52. The van der Waals surface area contributed by atoms with E-state index in [4.69, 9.17) is 4.74 Å². The first kappa shape index (κ1) is 15.3. The van der Waals surface area contributed by atoms with Crippen LogP contribution >= 0.6 is 0 Å². The number of rotatable bonds is 6. The minimum atomic E-state index is -2.52. The molecule has 18 heavy (non-hydrogen) atoms. The number of hydrogen-bond donors (Lipinski definition) is 1. The van der Waals surface area contributed by atoms with Gasteiger partial charge < -0.3 is 10.1 Å². The third-order valence-corrected chi connectivity index (χ3v) is 3.35. The molecule has 0 amide bonds. The van der Waals surface area contributed by atoms with Crippen LogP contribution in [0.4, 0.5) is 8.78 Å². The average molecular weight is 263 g/mol. The van der Waals surface area contributed by atoms with Gasteiger partial charge in [0.2, 0.25) is 5.92 Å². The Kier molecular flexibility index (Phi) is 5.50. The molecule has 0 aromatic carbocycles. The Morgan fingerprint density at radius 2 is 2.17 bits per heavy atom. The molecule has 0 aliphatic heterocycles. The molecule has 5 heteroatoms. The normalized spacial score (nSPS) is 24.2. The van der Waals surface area contributed by atoms with Gasteiger partial charge in [-0.05, 0) is 31.2 Å². The Bertz CT molecular complexity index is 282. The fourth-order valence-electron chi connectivity index (χ4n) is 2.40. The molecule has 1 aliphatic rings. The zero-order chi connectivity index (χ0) is 13.8. The van der Waals surface area contributed by atoms with Gasteiger partial charge in [-0.2, -0.15) is 0 Å². The van der Waals surface area contributed by atoms with Crippen LogP contribution in [0, 0.1) is 11.8 Å². The van der Waals surface area contributed by atoms with Crippen molar-refractivity contribution in [3.8, 4) is 0 Å². The van der Waals surface area contributed by atoms with Crippen molar-refractivity contribution in [1.82, 2.24) is 5.32 Å². The molecule has 0 aromatic heterocycles. The molecular weight excluding hydrogens is 240 g/mol. The molecule has 1 saturated carbocycles. The van der Waals surface area contributed by atoms with E-state index >= 15 is 0 Å². The van der Waals surface area contributed by atoms with Crippen LogP contribution in [0.2, 0.25) is 0 Å². The first-order valence-corrected chi connectivity index (χ1v) is 6.53. The van der Waals surface area contributed by atoms with Gasteiger partial charge in [-0.1, -0.05) is 13.8 Å². The maximum absolute atomic E-state index is 13.0. The molecule has 0 heterocycles. The number of carbonyl (C=O) groups excluding carboxylic acids is 1. The number of esters is 1. The lowest BCUT2D eigenvalue weighted by molar-refractivity contribution is -0.143. The minimum absolute atomic E-state index is 0.0353. The summed E-state index contributed by atoms with van der Waals surface area (Å²) in [6.45, 7) is 4.49. The Hall–Kier alpha value is -0.710. The van der Waals surface area contributed by atoms with Crippen LogP contribution in [-0.4, -0.2) is 31.6 Å². The molecule has 1 N–H and O–H groups in total. The lowest BCUT2D eigenvalue weighted by Gasteiger charge is -2.20. The van der Waals surface area contributed by atoms with E-state index in [0.717, 1.165) is 0 Å². The third kappa shape index (κ3) is 4.88. The molecular formula is C13H23F2NO2. The molecule has 2 unspecified atom stereocenters. The molecule has 1 fully saturated rings. The van der Waals surface area contributed by atoms with Gasteiger partial charge in [0.1, 0.15) is 6.04 Å². The van der Waals surface area contributed by atoms with Crippen LogP contribution in [0.5, 0.6) is 0 Å². The number of ether oxygens (including phenoxy) is 1. The molecule has 0 spiro atoms. The summed E-state index contributed by atoms with van der Waals surface area (Å²) in [6.07, 6.45) is 1.08. The fourth-order valence-corrected chi connectivity index (χ4v) is 2.40. The first-order valence-electron chi connectivity index (χ1n) is 6.53. The number of carbonyl (C=O) groups is 1. The maximum Gasteiger partial charge on any atom is 0.322 e.